The number of hydrogen-bond donors (Lipinski definition) is 2. The molecule has 7 nitrogen and oxygen atoms in total. The van der Waals surface area contributed by atoms with Gasteiger partial charge in [0, 0.05) is 36.6 Å². The smallest absolute Gasteiger partial charge is 0.251 e. The van der Waals surface area contributed by atoms with Gasteiger partial charge in [-0.1, -0.05) is 43.2 Å². The number of hydrazone groups is 1. The Hall–Kier alpha value is -3.48. The lowest BCUT2D eigenvalue weighted by atomic mass is 10.1. The fourth-order valence-electron chi connectivity index (χ4n) is 4.09. The van der Waals surface area contributed by atoms with E-state index in [0.717, 1.165) is 37.0 Å². The maximum absolute atomic E-state index is 12.4. The Morgan fingerprint density at radius 2 is 1.66 bits per heavy atom. The van der Waals surface area contributed by atoms with Crippen molar-refractivity contribution in [3.8, 4) is 0 Å². The first kappa shape index (κ1) is 21.7. The summed E-state index contributed by atoms with van der Waals surface area (Å²) < 4.78 is 0. The number of carbonyl (C=O) groups excluding carboxylic acids is 3. The van der Waals surface area contributed by atoms with Crippen molar-refractivity contribution in [2.75, 3.05) is 11.9 Å². The van der Waals surface area contributed by atoms with Gasteiger partial charge in [-0.15, -0.1) is 0 Å². The van der Waals surface area contributed by atoms with Crippen molar-refractivity contribution < 1.29 is 14.4 Å². The minimum absolute atomic E-state index is 0.0788. The number of carbonyl (C=O) groups is 3. The summed E-state index contributed by atoms with van der Waals surface area (Å²) in [5.41, 5.74) is 3.08. The highest BCUT2D eigenvalue weighted by molar-refractivity contribution is 6.03. The van der Waals surface area contributed by atoms with E-state index in [4.69, 9.17) is 0 Å². The predicted octanol–water partition coefficient (Wildman–Crippen LogP) is 3.71. The molecule has 2 aromatic rings. The lowest BCUT2D eigenvalue weighted by Crippen LogP contribution is -2.32. The molecule has 0 radical (unpaired) electrons. The van der Waals surface area contributed by atoms with Gasteiger partial charge >= 0.3 is 0 Å². The highest BCUT2D eigenvalue weighted by atomic mass is 16.2. The molecule has 0 spiro atoms. The quantitative estimate of drug-likeness (QED) is 0.699. The summed E-state index contributed by atoms with van der Waals surface area (Å²) >= 11 is 0. The Bertz CT molecular complexity index is 996. The third-order valence-corrected chi connectivity index (χ3v) is 5.88. The maximum Gasteiger partial charge on any atom is 0.251 e. The monoisotopic (exact) mass is 432 g/mol. The molecule has 0 aromatic heterocycles. The number of anilines is 1. The molecule has 1 saturated carbocycles. The summed E-state index contributed by atoms with van der Waals surface area (Å²) in [6.07, 6.45) is 5.29. The van der Waals surface area contributed by atoms with Crippen LogP contribution in [0.3, 0.4) is 0 Å². The van der Waals surface area contributed by atoms with Crippen molar-refractivity contribution in [2.45, 2.75) is 51.0 Å². The molecule has 3 amide bonds. The highest BCUT2D eigenvalue weighted by Crippen LogP contribution is 2.19. The first-order valence-electron chi connectivity index (χ1n) is 11.2. The minimum atomic E-state index is -0.243. The van der Waals surface area contributed by atoms with E-state index < -0.39 is 0 Å². The van der Waals surface area contributed by atoms with Gasteiger partial charge in [-0.25, -0.2) is 5.01 Å². The maximum atomic E-state index is 12.4. The summed E-state index contributed by atoms with van der Waals surface area (Å²) in [7, 11) is 0. The van der Waals surface area contributed by atoms with Crippen LogP contribution in [0.5, 0.6) is 0 Å². The third-order valence-electron chi connectivity index (χ3n) is 5.88. The molecular formula is C25H28N4O3. The van der Waals surface area contributed by atoms with Gasteiger partial charge in [0.25, 0.3) is 5.91 Å². The zero-order chi connectivity index (χ0) is 22.3. The van der Waals surface area contributed by atoms with E-state index in [1.807, 2.05) is 30.3 Å². The minimum Gasteiger partial charge on any atom is -0.349 e. The van der Waals surface area contributed by atoms with Crippen LogP contribution in [0.2, 0.25) is 0 Å². The topological polar surface area (TPSA) is 90.9 Å². The molecular weight excluding hydrogens is 404 g/mol. The molecule has 4 rings (SSSR count). The van der Waals surface area contributed by atoms with Crippen LogP contribution in [0.1, 0.15) is 60.9 Å². The Morgan fingerprint density at radius 1 is 0.938 bits per heavy atom. The van der Waals surface area contributed by atoms with Crippen molar-refractivity contribution in [1.82, 2.24) is 10.3 Å². The molecule has 1 fully saturated rings. The second kappa shape index (κ2) is 10.2. The molecule has 166 valence electrons. The zero-order valence-corrected chi connectivity index (χ0v) is 18.0. The average Bonchev–Trinajstić information content (AvgIpc) is 3.51. The van der Waals surface area contributed by atoms with Gasteiger partial charge in [0.1, 0.15) is 0 Å². The van der Waals surface area contributed by atoms with E-state index >= 15 is 0 Å². The average molecular weight is 433 g/mol. The summed E-state index contributed by atoms with van der Waals surface area (Å²) in [6.45, 7) is 0.537. The molecule has 0 bridgehead atoms. The Morgan fingerprint density at radius 3 is 2.38 bits per heavy atom. The standard InChI is InChI=1S/C25H28N4O3/c30-23(14-15-24(31)29-17-16-22(28-29)18-6-2-1-3-7-18)26-21-12-10-19(11-13-21)25(32)27-20-8-4-5-9-20/h1-3,6-7,10-13,20H,4-5,8-9,14-17H2,(H,26,30)(H,27,32). The molecule has 0 unspecified atom stereocenters. The number of nitrogens with one attached hydrogen (secondary N) is 2. The van der Waals surface area contributed by atoms with E-state index in [-0.39, 0.29) is 36.6 Å². The summed E-state index contributed by atoms with van der Waals surface area (Å²) in [6, 6.07) is 16.9. The molecule has 2 N–H and O–H groups in total. The lowest BCUT2D eigenvalue weighted by Gasteiger charge is -2.13. The molecule has 7 heteroatoms. The van der Waals surface area contributed by atoms with Gasteiger partial charge in [0.05, 0.1) is 12.3 Å². The molecule has 1 aliphatic heterocycles. The molecule has 1 heterocycles. The van der Waals surface area contributed by atoms with Crippen molar-refractivity contribution >= 4 is 29.1 Å². The fourth-order valence-corrected chi connectivity index (χ4v) is 4.09. The first-order valence-corrected chi connectivity index (χ1v) is 11.2. The van der Waals surface area contributed by atoms with Crippen molar-refractivity contribution in [1.29, 1.82) is 0 Å². The molecule has 1 aliphatic carbocycles. The van der Waals surface area contributed by atoms with Crippen LogP contribution in [-0.4, -0.2) is 41.0 Å². The Labute approximate surface area is 187 Å². The van der Waals surface area contributed by atoms with E-state index in [0.29, 0.717) is 24.2 Å². The lowest BCUT2D eigenvalue weighted by molar-refractivity contribution is -0.132. The van der Waals surface area contributed by atoms with Crippen molar-refractivity contribution in [3.05, 3.63) is 65.7 Å². The van der Waals surface area contributed by atoms with Crippen LogP contribution >= 0.6 is 0 Å². The number of amides is 3. The van der Waals surface area contributed by atoms with Gasteiger partial charge in [0.15, 0.2) is 0 Å². The number of benzene rings is 2. The second-order valence-electron chi connectivity index (χ2n) is 8.26. The van der Waals surface area contributed by atoms with Crippen molar-refractivity contribution in [3.63, 3.8) is 0 Å². The van der Waals surface area contributed by atoms with E-state index in [2.05, 4.69) is 15.7 Å². The third kappa shape index (κ3) is 5.60. The number of hydrogen-bond acceptors (Lipinski definition) is 4. The second-order valence-corrected chi connectivity index (χ2v) is 8.26. The normalized spacial score (nSPS) is 16.0. The van der Waals surface area contributed by atoms with Crippen LogP contribution in [0.4, 0.5) is 5.69 Å². The van der Waals surface area contributed by atoms with E-state index in [9.17, 15) is 14.4 Å². The highest BCUT2D eigenvalue weighted by Gasteiger charge is 2.22. The summed E-state index contributed by atoms with van der Waals surface area (Å²) in [5, 5.41) is 11.7. The fraction of sp³-hybridized carbons (Fsp3) is 0.360. The molecule has 0 atom stereocenters. The van der Waals surface area contributed by atoms with Crippen molar-refractivity contribution in [2.24, 2.45) is 5.10 Å². The molecule has 32 heavy (non-hydrogen) atoms. The largest absolute Gasteiger partial charge is 0.349 e. The molecule has 2 aromatic carbocycles. The molecule has 2 aliphatic rings. The summed E-state index contributed by atoms with van der Waals surface area (Å²) in [5.74, 6) is -0.487. The van der Waals surface area contributed by atoms with Gasteiger partial charge in [-0.2, -0.15) is 5.10 Å². The van der Waals surface area contributed by atoms with Gasteiger partial charge in [-0.3, -0.25) is 14.4 Å². The van der Waals surface area contributed by atoms with Gasteiger partial charge in [-0.05, 0) is 42.7 Å². The first-order chi connectivity index (χ1) is 15.6. The SMILES string of the molecule is O=C(CCC(=O)N1CCC(c2ccccc2)=N1)Nc1ccc(C(=O)NC2CCCC2)cc1. The number of rotatable bonds is 7. The van der Waals surface area contributed by atoms with E-state index in [1.54, 1.807) is 24.3 Å². The predicted molar refractivity (Wildman–Crippen MR) is 123 cm³/mol. The van der Waals surface area contributed by atoms with Crippen LogP contribution in [0, 0.1) is 0 Å². The zero-order valence-electron chi connectivity index (χ0n) is 18.0. The molecule has 0 saturated heterocycles. The Kier molecular flexibility index (Phi) is 6.94. The van der Waals surface area contributed by atoms with Crippen LogP contribution in [0.25, 0.3) is 0 Å². The van der Waals surface area contributed by atoms with Gasteiger partial charge in [0.2, 0.25) is 11.8 Å². The summed E-state index contributed by atoms with van der Waals surface area (Å²) in [4.78, 5) is 37.0. The number of nitrogens with zero attached hydrogens (tertiary/aromatic N) is 2. The van der Waals surface area contributed by atoms with E-state index in [1.165, 1.54) is 5.01 Å². The Balaban J connectivity index is 1.23. The van der Waals surface area contributed by atoms with Crippen LogP contribution < -0.4 is 10.6 Å². The van der Waals surface area contributed by atoms with Crippen LogP contribution in [0.15, 0.2) is 59.7 Å². The van der Waals surface area contributed by atoms with Gasteiger partial charge < -0.3 is 10.6 Å². The van der Waals surface area contributed by atoms with Crippen LogP contribution in [-0.2, 0) is 9.59 Å².